The molecule has 3 N–H and O–H groups in total. The van der Waals surface area contributed by atoms with Crippen molar-refractivity contribution >= 4 is 43.8 Å². The highest BCUT2D eigenvalue weighted by atomic mass is 35.5. The Hall–Kier alpha value is -1.38. The number of benzene rings is 1. The van der Waals surface area contributed by atoms with Gasteiger partial charge in [0.25, 0.3) is 10.0 Å². The third-order valence-corrected chi connectivity index (χ3v) is 5.29. The molecule has 0 aliphatic carbocycles. The van der Waals surface area contributed by atoms with Crippen molar-refractivity contribution in [2.24, 2.45) is 0 Å². The molecule has 0 aliphatic rings. The van der Waals surface area contributed by atoms with Crippen molar-refractivity contribution in [3.05, 3.63) is 33.5 Å². The van der Waals surface area contributed by atoms with Crippen LogP contribution in [0.15, 0.2) is 17.0 Å². The first kappa shape index (κ1) is 15.0. The van der Waals surface area contributed by atoms with Crippen molar-refractivity contribution in [1.82, 2.24) is 4.98 Å². The highest BCUT2D eigenvalue weighted by molar-refractivity contribution is 7.93. The molecular weight excluding hydrogens is 325 g/mol. The third kappa shape index (κ3) is 2.87. The average molecular weight is 336 g/mol. The minimum absolute atomic E-state index is 0.0586. The second-order valence-electron chi connectivity index (χ2n) is 4.08. The van der Waals surface area contributed by atoms with E-state index < -0.39 is 20.7 Å². The summed E-state index contributed by atoms with van der Waals surface area (Å²) in [6.07, 6.45) is 0. The molecule has 0 atom stereocenters. The predicted molar refractivity (Wildman–Crippen MR) is 78.2 cm³/mol. The number of halogens is 2. The fourth-order valence-corrected chi connectivity index (χ4v) is 3.93. The molecule has 0 spiro atoms. The van der Waals surface area contributed by atoms with E-state index in [2.05, 4.69) is 9.71 Å². The molecule has 5 nitrogen and oxygen atoms in total. The second kappa shape index (κ2) is 5.19. The van der Waals surface area contributed by atoms with Crippen LogP contribution in [0.2, 0.25) is 5.02 Å². The first-order chi connectivity index (χ1) is 9.20. The van der Waals surface area contributed by atoms with E-state index in [0.717, 1.165) is 28.3 Å². The Morgan fingerprint density at radius 3 is 2.60 bits per heavy atom. The van der Waals surface area contributed by atoms with Crippen molar-refractivity contribution in [1.29, 1.82) is 0 Å². The summed E-state index contributed by atoms with van der Waals surface area (Å²) in [6.45, 7) is 3.56. The van der Waals surface area contributed by atoms with Gasteiger partial charge in [0.2, 0.25) is 0 Å². The number of nitrogens with two attached hydrogens (primary N) is 1. The van der Waals surface area contributed by atoms with Crippen LogP contribution in [0, 0.1) is 19.7 Å². The zero-order valence-corrected chi connectivity index (χ0v) is 13.0. The Labute approximate surface area is 124 Å². The summed E-state index contributed by atoms with van der Waals surface area (Å²) in [6, 6.07) is 2.16. The van der Waals surface area contributed by atoms with Crippen molar-refractivity contribution in [3.63, 3.8) is 0 Å². The quantitative estimate of drug-likeness (QED) is 0.844. The standard InChI is InChI=1S/C11H11ClFN3O2S2/c1-5-6(2)19-11(15-5)16-20(17,18)9-4-7(14)3-8(12)10(9)13/h3-4H,14H2,1-2H3,(H,15,16). The molecule has 1 heterocycles. The molecule has 2 rings (SSSR count). The van der Waals surface area contributed by atoms with Crippen molar-refractivity contribution in [3.8, 4) is 0 Å². The van der Waals surface area contributed by atoms with E-state index in [0.29, 0.717) is 5.69 Å². The maximum Gasteiger partial charge on any atom is 0.266 e. The molecule has 20 heavy (non-hydrogen) atoms. The molecule has 0 radical (unpaired) electrons. The number of hydrogen-bond donors (Lipinski definition) is 2. The van der Waals surface area contributed by atoms with Gasteiger partial charge in [0.1, 0.15) is 4.90 Å². The van der Waals surface area contributed by atoms with E-state index >= 15 is 0 Å². The van der Waals surface area contributed by atoms with E-state index in [1.807, 2.05) is 6.92 Å². The van der Waals surface area contributed by atoms with Crippen LogP contribution in [0.1, 0.15) is 10.6 Å². The molecule has 0 aliphatic heterocycles. The van der Waals surface area contributed by atoms with Crippen LogP contribution in [0.4, 0.5) is 15.2 Å². The Morgan fingerprint density at radius 2 is 2.05 bits per heavy atom. The van der Waals surface area contributed by atoms with Gasteiger partial charge >= 0.3 is 0 Å². The molecule has 1 aromatic carbocycles. The maximum absolute atomic E-state index is 13.8. The highest BCUT2D eigenvalue weighted by Gasteiger charge is 2.23. The summed E-state index contributed by atoms with van der Waals surface area (Å²) in [5.74, 6) is -1.04. The van der Waals surface area contributed by atoms with Gasteiger partial charge in [-0.3, -0.25) is 4.72 Å². The van der Waals surface area contributed by atoms with Crippen LogP contribution in [0.25, 0.3) is 0 Å². The van der Waals surface area contributed by atoms with Gasteiger partial charge in [-0.05, 0) is 26.0 Å². The van der Waals surface area contributed by atoms with Crippen molar-refractivity contribution < 1.29 is 12.8 Å². The van der Waals surface area contributed by atoms with Crippen molar-refractivity contribution in [2.45, 2.75) is 18.7 Å². The Bertz CT molecular complexity index is 755. The van der Waals surface area contributed by atoms with Gasteiger partial charge in [-0.15, -0.1) is 11.3 Å². The molecule has 1 aromatic heterocycles. The summed E-state index contributed by atoms with van der Waals surface area (Å²) < 4.78 is 40.4. The predicted octanol–water partition coefficient (Wildman–Crippen LogP) is 2.94. The summed E-state index contributed by atoms with van der Waals surface area (Å²) in [5.41, 5.74) is 6.26. The molecule has 0 saturated carbocycles. The minimum atomic E-state index is -4.13. The molecule has 0 unspecified atom stereocenters. The van der Waals surface area contributed by atoms with Crippen LogP contribution in [-0.4, -0.2) is 13.4 Å². The van der Waals surface area contributed by atoms with E-state index in [9.17, 15) is 12.8 Å². The molecule has 0 amide bonds. The van der Waals surface area contributed by atoms with Gasteiger partial charge < -0.3 is 5.73 Å². The SMILES string of the molecule is Cc1nc(NS(=O)(=O)c2cc(N)cc(Cl)c2F)sc1C. The van der Waals surface area contributed by atoms with Gasteiger partial charge in [0.05, 0.1) is 10.7 Å². The number of aryl methyl sites for hydroxylation is 2. The number of sulfonamides is 1. The summed E-state index contributed by atoms with van der Waals surface area (Å²) >= 11 is 6.76. The monoisotopic (exact) mass is 335 g/mol. The molecule has 9 heteroatoms. The van der Waals surface area contributed by atoms with Gasteiger partial charge in [0.15, 0.2) is 10.9 Å². The summed E-state index contributed by atoms with van der Waals surface area (Å²) in [5, 5.41) is -0.185. The van der Waals surface area contributed by atoms with Crippen molar-refractivity contribution in [2.75, 3.05) is 10.5 Å². The van der Waals surface area contributed by atoms with E-state index in [4.69, 9.17) is 17.3 Å². The number of anilines is 2. The Kier molecular flexibility index (Phi) is 3.90. The number of thiazole rings is 1. The maximum atomic E-state index is 13.8. The lowest BCUT2D eigenvalue weighted by molar-refractivity contribution is 0.571. The van der Waals surface area contributed by atoms with Gasteiger partial charge in [0, 0.05) is 10.6 Å². The van der Waals surface area contributed by atoms with E-state index in [1.54, 1.807) is 6.92 Å². The average Bonchev–Trinajstić information content (AvgIpc) is 2.61. The number of aromatic nitrogens is 1. The number of nitrogens with zero attached hydrogens (tertiary/aromatic N) is 1. The molecule has 0 saturated heterocycles. The molecule has 0 bridgehead atoms. The number of nitrogens with one attached hydrogen (secondary N) is 1. The third-order valence-electron chi connectivity index (χ3n) is 2.56. The van der Waals surface area contributed by atoms with E-state index in [-0.39, 0.29) is 15.8 Å². The van der Waals surface area contributed by atoms with Gasteiger partial charge in [-0.2, -0.15) is 0 Å². The van der Waals surface area contributed by atoms with Gasteiger partial charge in [-0.1, -0.05) is 11.6 Å². The topological polar surface area (TPSA) is 85.1 Å². The Balaban J connectivity index is 2.45. The Morgan fingerprint density at radius 1 is 1.40 bits per heavy atom. The lowest BCUT2D eigenvalue weighted by Gasteiger charge is -2.08. The summed E-state index contributed by atoms with van der Waals surface area (Å²) in [7, 11) is -4.13. The van der Waals surface area contributed by atoms with Gasteiger partial charge in [-0.25, -0.2) is 17.8 Å². The fraction of sp³-hybridized carbons (Fsp3) is 0.182. The zero-order valence-electron chi connectivity index (χ0n) is 10.6. The summed E-state index contributed by atoms with van der Waals surface area (Å²) in [4.78, 5) is 4.30. The van der Waals surface area contributed by atoms with Crippen LogP contribution in [0.5, 0.6) is 0 Å². The normalized spacial score (nSPS) is 11.6. The van der Waals surface area contributed by atoms with Crippen LogP contribution in [0.3, 0.4) is 0 Å². The fourth-order valence-electron chi connectivity index (χ4n) is 1.47. The number of hydrogen-bond acceptors (Lipinski definition) is 5. The van der Waals surface area contributed by atoms with Crippen LogP contribution < -0.4 is 10.5 Å². The largest absolute Gasteiger partial charge is 0.399 e. The molecule has 0 fully saturated rings. The van der Waals surface area contributed by atoms with E-state index in [1.165, 1.54) is 0 Å². The zero-order chi connectivity index (χ0) is 15.1. The lowest BCUT2D eigenvalue weighted by atomic mass is 10.3. The first-order valence-corrected chi connectivity index (χ1v) is 8.10. The highest BCUT2D eigenvalue weighted by Crippen LogP contribution is 2.29. The minimum Gasteiger partial charge on any atom is -0.399 e. The molecule has 2 aromatic rings. The number of nitrogen functional groups attached to an aromatic ring is 1. The van der Waals surface area contributed by atoms with Crippen LogP contribution in [-0.2, 0) is 10.0 Å². The van der Waals surface area contributed by atoms with Crippen LogP contribution >= 0.6 is 22.9 Å². The molecular formula is C11H11ClFN3O2S2. The second-order valence-corrected chi connectivity index (χ2v) is 7.34. The molecule has 108 valence electrons. The first-order valence-electron chi connectivity index (χ1n) is 5.42. The number of rotatable bonds is 3. The smallest absolute Gasteiger partial charge is 0.266 e. The lowest BCUT2D eigenvalue weighted by Crippen LogP contribution is -2.15.